The zero-order chi connectivity index (χ0) is 18.0. The van der Waals surface area contributed by atoms with E-state index in [1.54, 1.807) is 12.1 Å². The van der Waals surface area contributed by atoms with Crippen molar-refractivity contribution in [1.29, 1.82) is 0 Å². The highest BCUT2D eigenvalue weighted by atomic mass is 32.1. The highest BCUT2D eigenvalue weighted by Gasteiger charge is 2.30. The predicted molar refractivity (Wildman–Crippen MR) is 88.6 cm³/mol. The number of thiazole rings is 1. The molecule has 0 saturated heterocycles. The van der Waals surface area contributed by atoms with Crippen LogP contribution in [0.1, 0.15) is 22.6 Å². The second-order valence-electron chi connectivity index (χ2n) is 5.33. The van der Waals surface area contributed by atoms with Crippen LogP contribution in [0.25, 0.3) is 21.9 Å². The van der Waals surface area contributed by atoms with Crippen LogP contribution in [-0.2, 0) is 11.0 Å². The van der Waals surface area contributed by atoms with Gasteiger partial charge in [-0.3, -0.25) is 0 Å². The molecular formula is C18H11F3NO2S-. The molecule has 2 aromatic carbocycles. The number of carbonyl (C=O) groups excluding carboxylic acids is 1. The lowest BCUT2D eigenvalue weighted by Crippen LogP contribution is -2.22. The van der Waals surface area contributed by atoms with Gasteiger partial charge >= 0.3 is 6.18 Å². The molecule has 0 saturated carbocycles. The molecule has 0 bridgehead atoms. The molecule has 0 unspecified atom stereocenters. The second kappa shape index (κ2) is 6.68. The first-order valence-corrected chi connectivity index (χ1v) is 8.08. The van der Waals surface area contributed by atoms with Gasteiger partial charge in [-0.05, 0) is 41.5 Å². The third kappa shape index (κ3) is 4.06. The molecule has 7 heteroatoms. The molecule has 1 aromatic heterocycles. The van der Waals surface area contributed by atoms with Gasteiger partial charge in [0.1, 0.15) is 5.01 Å². The maximum Gasteiger partial charge on any atom is 0.416 e. The van der Waals surface area contributed by atoms with E-state index in [1.165, 1.54) is 29.5 Å². The largest absolute Gasteiger partial charge is 0.550 e. The Kier molecular flexibility index (Phi) is 4.59. The lowest BCUT2D eigenvalue weighted by molar-refractivity contribution is -0.304. The molecule has 0 N–H and O–H groups in total. The fourth-order valence-corrected chi connectivity index (χ4v) is 3.34. The molecule has 0 spiro atoms. The highest BCUT2D eigenvalue weighted by Crippen LogP contribution is 2.32. The minimum atomic E-state index is -4.46. The Morgan fingerprint density at radius 1 is 1.16 bits per heavy atom. The van der Waals surface area contributed by atoms with Crippen molar-refractivity contribution < 1.29 is 23.1 Å². The summed E-state index contributed by atoms with van der Waals surface area (Å²) < 4.78 is 39.4. The van der Waals surface area contributed by atoms with Gasteiger partial charge in [0, 0.05) is 12.4 Å². The lowest BCUT2D eigenvalue weighted by atomic mass is 10.1. The first-order valence-electron chi connectivity index (χ1n) is 7.26. The van der Waals surface area contributed by atoms with Crippen LogP contribution in [0.2, 0.25) is 0 Å². The van der Waals surface area contributed by atoms with Crippen molar-refractivity contribution in [1.82, 2.24) is 4.98 Å². The van der Waals surface area contributed by atoms with Crippen LogP contribution in [0.15, 0.2) is 48.5 Å². The number of carboxylic acids is 1. The summed E-state index contributed by atoms with van der Waals surface area (Å²) in [5.74, 6) is -1.32. The minimum absolute atomic E-state index is 0.255. The van der Waals surface area contributed by atoms with Crippen molar-refractivity contribution in [3.05, 3.63) is 64.7 Å². The number of carboxylic acid groups (broad SMARTS) is 1. The molecule has 0 radical (unpaired) electrons. The number of rotatable bonds is 4. The first kappa shape index (κ1) is 17.2. The molecule has 0 fully saturated rings. The van der Waals surface area contributed by atoms with E-state index in [2.05, 4.69) is 4.98 Å². The Bertz CT molecular complexity index is 927. The van der Waals surface area contributed by atoms with Crippen molar-refractivity contribution in [3.8, 4) is 0 Å². The van der Waals surface area contributed by atoms with Crippen molar-refractivity contribution in [2.45, 2.75) is 12.6 Å². The number of aliphatic carboxylic acids is 1. The molecule has 128 valence electrons. The maximum absolute atomic E-state index is 12.8. The van der Waals surface area contributed by atoms with Crippen LogP contribution in [0.3, 0.4) is 0 Å². The molecule has 0 aliphatic rings. The molecule has 1 heterocycles. The monoisotopic (exact) mass is 362 g/mol. The summed E-state index contributed by atoms with van der Waals surface area (Å²) in [6, 6.07) is 12.0. The number of fused-ring (bicyclic) bond motifs is 1. The van der Waals surface area contributed by atoms with Gasteiger partial charge in [0.05, 0.1) is 15.8 Å². The van der Waals surface area contributed by atoms with Gasteiger partial charge in [-0.1, -0.05) is 24.3 Å². The maximum atomic E-state index is 12.8. The Labute approximate surface area is 145 Å². The molecule has 0 aliphatic heterocycles. The van der Waals surface area contributed by atoms with Crippen molar-refractivity contribution in [3.63, 3.8) is 0 Å². The lowest BCUT2D eigenvalue weighted by Gasteiger charge is -2.09. The van der Waals surface area contributed by atoms with Crippen LogP contribution >= 0.6 is 11.3 Å². The van der Waals surface area contributed by atoms with Gasteiger partial charge in [0.2, 0.25) is 0 Å². The van der Waals surface area contributed by atoms with Gasteiger partial charge in [-0.25, -0.2) is 4.98 Å². The van der Waals surface area contributed by atoms with E-state index in [4.69, 9.17) is 0 Å². The average Bonchev–Trinajstić information content (AvgIpc) is 2.97. The molecule has 0 amide bonds. The summed E-state index contributed by atoms with van der Waals surface area (Å²) in [7, 11) is 0. The summed E-state index contributed by atoms with van der Waals surface area (Å²) in [4.78, 5) is 15.4. The number of benzene rings is 2. The Balaban J connectivity index is 2.06. The van der Waals surface area contributed by atoms with Gasteiger partial charge < -0.3 is 9.90 Å². The number of alkyl halides is 3. The van der Waals surface area contributed by atoms with Crippen LogP contribution in [0.4, 0.5) is 13.2 Å². The van der Waals surface area contributed by atoms with Crippen LogP contribution in [0.5, 0.6) is 0 Å². The van der Waals surface area contributed by atoms with Crippen LogP contribution in [0, 0.1) is 0 Å². The number of hydrogen-bond acceptors (Lipinski definition) is 4. The van der Waals surface area contributed by atoms with E-state index in [9.17, 15) is 23.1 Å². The van der Waals surface area contributed by atoms with Gasteiger partial charge in [0.25, 0.3) is 0 Å². The molecule has 3 rings (SSSR count). The zero-order valence-corrected chi connectivity index (χ0v) is 13.5. The van der Waals surface area contributed by atoms with Crippen molar-refractivity contribution in [2.24, 2.45) is 0 Å². The van der Waals surface area contributed by atoms with Crippen molar-refractivity contribution in [2.75, 3.05) is 0 Å². The van der Waals surface area contributed by atoms with Gasteiger partial charge in [0.15, 0.2) is 0 Å². The van der Waals surface area contributed by atoms with Crippen LogP contribution in [-0.4, -0.2) is 11.0 Å². The van der Waals surface area contributed by atoms with E-state index >= 15 is 0 Å². The Hall–Kier alpha value is -2.67. The summed E-state index contributed by atoms with van der Waals surface area (Å²) in [6.45, 7) is 0. The zero-order valence-electron chi connectivity index (χ0n) is 12.7. The number of carbonyl (C=O) groups is 1. The standard InChI is InChI=1S/C18H12F3NO2S/c19-18(20,21)13-5-3-4-11(9-13)8-12(10-16(23)24)17-22-14-6-1-2-7-15(14)25-17/h1-9H,10H2,(H,23,24)/p-1/b12-8+. The Morgan fingerprint density at radius 2 is 1.92 bits per heavy atom. The molecule has 3 aromatic rings. The number of hydrogen-bond donors (Lipinski definition) is 0. The molecule has 25 heavy (non-hydrogen) atoms. The first-order chi connectivity index (χ1) is 11.8. The quantitative estimate of drug-likeness (QED) is 0.705. The summed E-state index contributed by atoms with van der Waals surface area (Å²) in [5, 5.41) is 11.5. The Morgan fingerprint density at radius 3 is 2.60 bits per heavy atom. The normalized spacial score (nSPS) is 12.5. The third-order valence-electron chi connectivity index (χ3n) is 3.46. The van der Waals surface area contributed by atoms with Gasteiger partial charge in [-0.2, -0.15) is 13.2 Å². The summed E-state index contributed by atoms with van der Waals surface area (Å²) >= 11 is 1.28. The van der Waals surface area contributed by atoms with E-state index < -0.39 is 24.1 Å². The molecule has 3 nitrogen and oxygen atoms in total. The SMILES string of the molecule is O=C([O-])C/C(=C\c1cccc(C(F)(F)F)c1)c1nc2ccccc2s1. The van der Waals surface area contributed by atoms with Crippen LogP contribution < -0.4 is 5.11 Å². The third-order valence-corrected chi connectivity index (χ3v) is 4.57. The van der Waals surface area contributed by atoms with Crippen molar-refractivity contribution >= 4 is 39.2 Å². The van der Waals surface area contributed by atoms with E-state index in [0.717, 1.165) is 16.8 Å². The second-order valence-corrected chi connectivity index (χ2v) is 6.36. The predicted octanol–water partition coefficient (Wildman–Crippen LogP) is 4.00. The summed E-state index contributed by atoms with van der Waals surface area (Å²) in [6.07, 6.45) is -3.49. The molecule has 0 atom stereocenters. The minimum Gasteiger partial charge on any atom is -0.550 e. The van der Waals surface area contributed by atoms with E-state index in [0.29, 0.717) is 16.1 Å². The molecule has 0 aliphatic carbocycles. The van der Waals surface area contributed by atoms with Gasteiger partial charge in [-0.15, -0.1) is 11.3 Å². The number of aromatic nitrogens is 1. The average molecular weight is 362 g/mol. The summed E-state index contributed by atoms with van der Waals surface area (Å²) in [5.41, 5.74) is 0.472. The van der Waals surface area contributed by atoms with E-state index in [-0.39, 0.29) is 5.56 Å². The number of halogens is 3. The highest BCUT2D eigenvalue weighted by molar-refractivity contribution is 7.19. The number of para-hydroxylation sites is 1. The van der Waals surface area contributed by atoms with E-state index in [1.807, 2.05) is 12.1 Å². The fourth-order valence-electron chi connectivity index (χ4n) is 2.36. The number of nitrogens with zero attached hydrogens (tertiary/aromatic N) is 1. The fraction of sp³-hybridized carbons (Fsp3) is 0.111. The topological polar surface area (TPSA) is 53.0 Å². The smallest absolute Gasteiger partial charge is 0.416 e. The molecular weight excluding hydrogens is 351 g/mol.